The van der Waals surface area contributed by atoms with Crippen molar-refractivity contribution in [1.82, 2.24) is 5.32 Å². The zero-order chi connectivity index (χ0) is 22.2. The monoisotopic (exact) mass is 456 g/mol. The van der Waals surface area contributed by atoms with Crippen LogP contribution in [0.5, 0.6) is 11.5 Å². The molecular weight excluding hydrogens is 436 g/mol. The number of carbonyl (C=O) groups is 1. The third-order valence-corrected chi connectivity index (χ3v) is 5.95. The van der Waals surface area contributed by atoms with Gasteiger partial charge in [-0.2, -0.15) is 5.26 Å². The highest BCUT2D eigenvalue weighted by molar-refractivity contribution is 7.15. The number of aliphatic hydroxyl groups excluding tert-OH is 1. The van der Waals surface area contributed by atoms with Crippen molar-refractivity contribution in [2.24, 2.45) is 0 Å². The molecule has 8 heteroatoms. The topological polar surface area (TPSA) is 91.6 Å². The van der Waals surface area contributed by atoms with Gasteiger partial charge < -0.3 is 19.9 Å². The third-order valence-electron chi connectivity index (χ3n) is 4.51. The number of halogens is 1. The molecule has 0 aliphatic carbocycles. The SMILES string of the molecule is COc1cc(CCNC(=O)C(O)c2ccc(-c3ccc(Cl)cc3)s2)ccc1OCC#N. The van der Waals surface area contributed by atoms with Crippen LogP contribution in [-0.4, -0.2) is 31.3 Å². The van der Waals surface area contributed by atoms with Gasteiger partial charge in [-0.05, 0) is 53.9 Å². The van der Waals surface area contributed by atoms with Gasteiger partial charge in [-0.3, -0.25) is 4.79 Å². The normalized spacial score (nSPS) is 11.4. The number of thiophene rings is 1. The Morgan fingerprint density at radius 1 is 1.19 bits per heavy atom. The van der Waals surface area contributed by atoms with E-state index in [2.05, 4.69) is 5.32 Å². The van der Waals surface area contributed by atoms with Gasteiger partial charge in [0.1, 0.15) is 6.07 Å². The third kappa shape index (κ3) is 5.98. The van der Waals surface area contributed by atoms with Gasteiger partial charge in [-0.25, -0.2) is 0 Å². The summed E-state index contributed by atoms with van der Waals surface area (Å²) in [7, 11) is 1.52. The van der Waals surface area contributed by atoms with E-state index in [0.29, 0.717) is 34.4 Å². The Kier molecular flexibility index (Phi) is 7.90. The van der Waals surface area contributed by atoms with Crippen LogP contribution in [0.15, 0.2) is 54.6 Å². The summed E-state index contributed by atoms with van der Waals surface area (Å²) in [6, 6.07) is 18.3. The number of rotatable bonds is 9. The first kappa shape index (κ1) is 22.6. The summed E-state index contributed by atoms with van der Waals surface area (Å²) in [5.41, 5.74) is 1.90. The maximum Gasteiger partial charge on any atom is 0.254 e. The van der Waals surface area contributed by atoms with Gasteiger partial charge in [0.2, 0.25) is 0 Å². The van der Waals surface area contributed by atoms with Crippen LogP contribution in [0.3, 0.4) is 0 Å². The van der Waals surface area contributed by atoms with Crippen molar-refractivity contribution in [2.75, 3.05) is 20.3 Å². The molecule has 0 bridgehead atoms. The van der Waals surface area contributed by atoms with Crippen molar-refractivity contribution in [3.63, 3.8) is 0 Å². The minimum Gasteiger partial charge on any atom is -0.493 e. The first-order valence-electron chi connectivity index (χ1n) is 9.50. The molecule has 0 fully saturated rings. The second-order valence-electron chi connectivity index (χ2n) is 6.58. The van der Waals surface area contributed by atoms with Crippen LogP contribution in [-0.2, 0) is 11.2 Å². The number of nitrogens with one attached hydrogen (secondary N) is 1. The van der Waals surface area contributed by atoms with Crippen molar-refractivity contribution >= 4 is 28.8 Å². The lowest BCUT2D eigenvalue weighted by Gasteiger charge is -2.12. The first-order valence-corrected chi connectivity index (χ1v) is 10.7. The summed E-state index contributed by atoms with van der Waals surface area (Å²) in [6.07, 6.45) is -0.685. The number of aliphatic hydroxyl groups is 1. The second kappa shape index (κ2) is 10.8. The van der Waals surface area contributed by atoms with Gasteiger partial charge in [0, 0.05) is 21.3 Å². The van der Waals surface area contributed by atoms with E-state index >= 15 is 0 Å². The van der Waals surface area contributed by atoms with E-state index in [1.165, 1.54) is 18.4 Å². The molecule has 3 rings (SSSR count). The van der Waals surface area contributed by atoms with Gasteiger partial charge >= 0.3 is 0 Å². The summed E-state index contributed by atoms with van der Waals surface area (Å²) < 4.78 is 10.6. The lowest BCUT2D eigenvalue weighted by Crippen LogP contribution is -2.30. The quantitative estimate of drug-likeness (QED) is 0.498. The Morgan fingerprint density at radius 3 is 2.68 bits per heavy atom. The fraction of sp³-hybridized carbons (Fsp3) is 0.217. The number of nitriles is 1. The van der Waals surface area contributed by atoms with E-state index in [1.807, 2.05) is 30.3 Å². The zero-order valence-corrected chi connectivity index (χ0v) is 18.4. The molecule has 1 amide bonds. The summed E-state index contributed by atoms with van der Waals surface area (Å²) in [4.78, 5) is 13.9. The molecule has 31 heavy (non-hydrogen) atoms. The maximum atomic E-state index is 12.4. The molecule has 2 aromatic carbocycles. The highest BCUT2D eigenvalue weighted by Crippen LogP contribution is 2.32. The predicted molar refractivity (Wildman–Crippen MR) is 121 cm³/mol. The van der Waals surface area contributed by atoms with Crippen LogP contribution in [0.4, 0.5) is 0 Å². The molecule has 6 nitrogen and oxygen atoms in total. The molecule has 1 aromatic heterocycles. The van der Waals surface area contributed by atoms with Crippen molar-refractivity contribution in [2.45, 2.75) is 12.5 Å². The summed E-state index contributed by atoms with van der Waals surface area (Å²) in [5, 5.41) is 22.4. The lowest BCUT2D eigenvalue weighted by atomic mass is 10.1. The van der Waals surface area contributed by atoms with Gasteiger partial charge in [0.15, 0.2) is 24.2 Å². The van der Waals surface area contributed by atoms with Crippen LogP contribution in [0.25, 0.3) is 10.4 Å². The summed E-state index contributed by atoms with van der Waals surface area (Å²) in [6.45, 7) is 0.291. The molecule has 0 aliphatic heterocycles. The molecule has 160 valence electrons. The van der Waals surface area contributed by atoms with E-state index in [1.54, 1.807) is 30.3 Å². The number of nitrogens with zero attached hydrogens (tertiary/aromatic N) is 1. The number of amides is 1. The van der Waals surface area contributed by atoms with Gasteiger partial charge in [-0.1, -0.05) is 29.8 Å². The van der Waals surface area contributed by atoms with Gasteiger partial charge in [-0.15, -0.1) is 11.3 Å². The largest absolute Gasteiger partial charge is 0.493 e. The van der Waals surface area contributed by atoms with Crippen molar-refractivity contribution in [3.8, 4) is 28.0 Å². The average Bonchev–Trinajstić information content (AvgIpc) is 3.28. The van der Waals surface area contributed by atoms with Crippen LogP contribution >= 0.6 is 22.9 Å². The number of hydrogen-bond donors (Lipinski definition) is 2. The van der Waals surface area contributed by atoms with Crippen LogP contribution in [0, 0.1) is 11.3 Å². The van der Waals surface area contributed by atoms with Gasteiger partial charge in [0.25, 0.3) is 5.91 Å². The van der Waals surface area contributed by atoms with E-state index in [0.717, 1.165) is 16.0 Å². The Hall–Kier alpha value is -3.05. The minimum absolute atomic E-state index is 0.0634. The number of carbonyl (C=O) groups excluding carboxylic acids is 1. The molecule has 0 radical (unpaired) electrons. The molecule has 0 spiro atoms. The van der Waals surface area contributed by atoms with Crippen LogP contribution < -0.4 is 14.8 Å². The first-order chi connectivity index (χ1) is 15.0. The molecule has 0 saturated carbocycles. The van der Waals surface area contributed by atoms with Crippen molar-refractivity contribution in [1.29, 1.82) is 5.26 Å². The Labute approximate surface area is 189 Å². The molecule has 1 unspecified atom stereocenters. The summed E-state index contributed by atoms with van der Waals surface area (Å²) >= 11 is 7.28. The fourth-order valence-electron chi connectivity index (χ4n) is 2.92. The lowest BCUT2D eigenvalue weighted by molar-refractivity contribution is -0.129. The fourth-order valence-corrected chi connectivity index (χ4v) is 4.05. The molecule has 0 saturated heterocycles. The average molecular weight is 457 g/mol. The Bertz CT molecular complexity index is 1080. The number of ether oxygens (including phenoxy) is 2. The minimum atomic E-state index is -1.23. The number of methoxy groups -OCH3 is 1. The molecule has 1 heterocycles. The Morgan fingerprint density at radius 2 is 1.97 bits per heavy atom. The molecule has 2 N–H and O–H groups in total. The Balaban J connectivity index is 1.55. The number of benzene rings is 2. The predicted octanol–water partition coefficient (Wildman–Crippen LogP) is 4.37. The van der Waals surface area contributed by atoms with Gasteiger partial charge in [0.05, 0.1) is 7.11 Å². The van der Waals surface area contributed by atoms with E-state index < -0.39 is 12.0 Å². The van der Waals surface area contributed by atoms with Crippen molar-refractivity contribution < 1.29 is 19.4 Å². The van der Waals surface area contributed by atoms with E-state index in [-0.39, 0.29) is 6.61 Å². The standard InChI is InChI=1S/C23H21ClN2O4S/c1-29-19-14-15(2-7-18(19)30-13-11-25)10-12-26-23(28)22(27)21-9-8-20(31-21)16-3-5-17(24)6-4-16/h2-9,14,22,27H,10,12-13H2,1H3,(H,26,28). The molecular formula is C23H21ClN2O4S. The molecule has 3 aromatic rings. The second-order valence-corrected chi connectivity index (χ2v) is 8.14. The van der Waals surface area contributed by atoms with E-state index in [9.17, 15) is 9.90 Å². The van der Waals surface area contributed by atoms with Crippen molar-refractivity contribution in [3.05, 3.63) is 70.1 Å². The van der Waals surface area contributed by atoms with E-state index in [4.69, 9.17) is 26.3 Å². The molecule has 1 atom stereocenters. The highest BCUT2D eigenvalue weighted by atomic mass is 35.5. The smallest absolute Gasteiger partial charge is 0.254 e. The maximum absolute atomic E-state index is 12.4. The molecule has 0 aliphatic rings. The van der Waals surface area contributed by atoms with Crippen LogP contribution in [0.1, 0.15) is 16.5 Å². The zero-order valence-electron chi connectivity index (χ0n) is 16.8. The van der Waals surface area contributed by atoms with Crippen LogP contribution in [0.2, 0.25) is 5.02 Å². The number of hydrogen-bond acceptors (Lipinski definition) is 6. The highest BCUT2D eigenvalue weighted by Gasteiger charge is 2.19. The summed E-state index contributed by atoms with van der Waals surface area (Å²) in [5.74, 6) is 0.555.